The molecule has 1 aliphatic rings. The minimum atomic E-state index is -0.632. The van der Waals surface area contributed by atoms with E-state index in [0.717, 1.165) is 6.54 Å². The number of nitrogens with one attached hydrogen (secondary N) is 1. The first-order valence-electron chi connectivity index (χ1n) is 11.1. The average molecular weight is 509 g/mol. The number of rotatable bonds is 5. The van der Waals surface area contributed by atoms with Crippen LogP contribution < -0.4 is 5.32 Å². The Hall–Kier alpha value is -2.86. The summed E-state index contributed by atoms with van der Waals surface area (Å²) >= 11 is 6.39. The SMILES string of the molecule is CC(C)(C)n1cnc2c(F)cc(-c3nc(N[C@@H]4CCN(CCO)C[C@H]4O)ncc3Cl)cc21.O=CO. The van der Waals surface area contributed by atoms with Crippen LogP contribution in [0.3, 0.4) is 0 Å². The van der Waals surface area contributed by atoms with E-state index in [4.69, 9.17) is 26.6 Å². The minimum Gasteiger partial charge on any atom is -0.483 e. The van der Waals surface area contributed by atoms with Gasteiger partial charge in [0.15, 0.2) is 5.82 Å². The lowest BCUT2D eigenvalue weighted by molar-refractivity contribution is -0.122. The van der Waals surface area contributed by atoms with Crippen LogP contribution in [0.4, 0.5) is 10.3 Å². The van der Waals surface area contributed by atoms with E-state index < -0.39 is 11.9 Å². The van der Waals surface area contributed by atoms with Crippen molar-refractivity contribution in [1.29, 1.82) is 0 Å². The number of halogens is 2. The second kappa shape index (κ2) is 11.3. The smallest absolute Gasteiger partial charge is 0.290 e. The molecule has 0 unspecified atom stereocenters. The first kappa shape index (κ1) is 26.7. The molecule has 0 aliphatic carbocycles. The Labute approximate surface area is 207 Å². The van der Waals surface area contributed by atoms with Gasteiger partial charge in [-0.1, -0.05) is 11.6 Å². The zero-order chi connectivity index (χ0) is 25.8. The number of carbonyl (C=O) groups is 1. The van der Waals surface area contributed by atoms with Gasteiger partial charge < -0.3 is 25.2 Å². The first-order valence-corrected chi connectivity index (χ1v) is 11.5. The Morgan fingerprint density at radius 2 is 2.03 bits per heavy atom. The molecule has 12 heteroatoms. The van der Waals surface area contributed by atoms with Gasteiger partial charge in [-0.3, -0.25) is 9.69 Å². The third kappa shape index (κ3) is 6.23. The van der Waals surface area contributed by atoms with Crippen LogP contribution in [0.15, 0.2) is 24.7 Å². The number of imidazole rings is 1. The number of aliphatic hydroxyl groups excluding tert-OH is 2. The van der Waals surface area contributed by atoms with Gasteiger partial charge in [0.05, 0.1) is 47.5 Å². The molecule has 1 aliphatic heterocycles. The molecule has 1 saturated heterocycles. The molecule has 4 N–H and O–H groups in total. The third-order valence-electron chi connectivity index (χ3n) is 5.74. The minimum absolute atomic E-state index is 0.0590. The highest BCUT2D eigenvalue weighted by Gasteiger charge is 2.28. The van der Waals surface area contributed by atoms with E-state index in [-0.39, 0.29) is 24.7 Å². The van der Waals surface area contributed by atoms with E-state index >= 15 is 0 Å². The monoisotopic (exact) mass is 508 g/mol. The summed E-state index contributed by atoms with van der Waals surface area (Å²) in [7, 11) is 0. The van der Waals surface area contributed by atoms with Gasteiger partial charge in [-0.05, 0) is 39.3 Å². The molecule has 0 saturated carbocycles. The van der Waals surface area contributed by atoms with Crippen molar-refractivity contribution in [3.8, 4) is 11.3 Å². The predicted molar refractivity (Wildman–Crippen MR) is 131 cm³/mol. The maximum atomic E-state index is 14.9. The molecule has 4 rings (SSSR count). The number of nitrogens with zero attached hydrogens (tertiary/aromatic N) is 5. The van der Waals surface area contributed by atoms with Crippen molar-refractivity contribution >= 4 is 35.1 Å². The summed E-state index contributed by atoms with van der Waals surface area (Å²) in [6.45, 7) is 7.61. The van der Waals surface area contributed by atoms with Crippen molar-refractivity contribution in [2.75, 3.05) is 31.6 Å². The summed E-state index contributed by atoms with van der Waals surface area (Å²) < 4.78 is 16.8. The Bertz CT molecular complexity index is 1170. The molecule has 0 radical (unpaired) electrons. The van der Waals surface area contributed by atoms with Gasteiger partial charge in [0, 0.05) is 30.7 Å². The zero-order valence-electron chi connectivity index (χ0n) is 19.8. The van der Waals surface area contributed by atoms with E-state index in [2.05, 4.69) is 20.3 Å². The van der Waals surface area contributed by atoms with Gasteiger partial charge >= 0.3 is 0 Å². The van der Waals surface area contributed by atoms with Gasteiger partial charge in [-0.15, -0.1) is 0 Å². The fourth-order valence-corrected chi connectivity index (χ4v) is 4.26. The van der Waals surface area contributed by atoms with Crippen molar-refractivity contribution in [2.24, 2.45) is 0 Å². The van der Waals surface area contributed by atoms with Gasteiger partial charge in [0.2, 0.25) is 5.95 Å². The summed E-state index contributed by atoms with van der Waals surface area (Å²) in [5.74, 6) is -0.134. The Morgan fingerprint density at radius 1 is 1.31 bits per heavy atom. The predicted octanol–water partition coefficient (Wildman–Crippen LogP) is 2.58. The highest BCUT2D eigenvalue weighted by molar-refractivity contribution is 6.33. The number of anilines is 1. The van der Waals surface area contributed by atoms with Crippen LogP contribution in [0.2, 0.25) is 5.02 Å². The molecule has 0 bridgehead atoms. The molecular formula is C23H30ClFN6O4. The van der Waals surface area contributed by atoms with Gasteiger partial charge in [-0.2, -0.15) is 0 Å². The van der Waals surface area contributed by atoms with Gasteiger partial charge in [0.25, 0.3) is 6.47 Å². The molecule has 2 aromatic heterocycles. The number of piperidine rings is 1. The number of carboxylic acid groups (broad SMARTS) is 1. The quantitative estimate of drug-likeness (QED) is 0.383. The lowest BCUT2D eigenvalue weighted by Crippen LogP contribution is -2.50. The number of aliphatic hydroxyl groups is 2. The molecule has 3 aromatic rings. The van der Waals surface area contributed by atoms with Crippen molar-refractivity contribution in [3.63, 3.8) is 0 Å². The van der Waals surface area contributed by atoms with Crippen LogP contribution in [0.5, 0.6) is 0 Å². The molecule has 35 heavy (non-hydrogen) atoms. The Balaban J connectivity index is 0.00000108. The van der Waals surface area contributed by atoms with Crippen LogP contribution in [-0.2, 0) is 10.3 Å². The maximum Gasteiger partial charge on any atom is 0.290 e. The summed E-state index contributed by atoms with van der Waals surface area (Å²) in [5.41, 5.74) is 1.60. The maximum absolute atomic E-state index is 14.9. The van der Waals surface area contributed by atoms with E-state index in [1.807, 2.05) is 36.3 Å². The number of β-amino-alcohol motifs (C(OH)–C–C–N with tert-alkyl or cyclic N) is 2. The summed E-state index contributed by atoms with van der Waals surface area (Å²) in [6, 6.07) is 2.97. The molecule has 2 atom stereocenters. The van der Waals surface area contributed by atoms with Crippen LogP contribution in [-0.4, -0.2) is 84.6 Å². The third-order valence-corrected chi connectivity index (χ3v) is 6.02. The van der Waals surface area contributed by atoms with E-state index in [1.54, 1.807) is 6.33 Å². The van der Waals surface area contributed by atoms with E-state index in [9.17, 15) is 9.50 Å². The molecule has 10 nitrogen and oxygen atoms in total. The van der Waals surface area contributed by atoms with Crippen LogP contribution in [0, 0.1) is 5.82 Å². The van der Waals surface area contributed by atoms with Crippen molar-refractivity contribution in [3.05, 3.63) is 35.5 Å². The lowest BCUT2D eigenvalue weighted by Gasteiger charge is -2.35. The second-order valence-corrected chi connectivity index (χ2v) is 9.65. The van der Waals surface area contributed by atoms with Gasteiger partial charge in [-0.25, -0.2) is 19.3 Å². The van der Waals surface area contributed by atoms with Crippen molar-refractivity contribution in [2.45, 2.75) is 44.9 Å². The summed E-state index contributed by atoms with van der Waals surface area (Å²) in [4.78, 5) is 23.4. The molecule has 0 spiro atoms. The van der Waals surface area contributed by atoms with Crippen LogP contribution >= 0.6 is 11.6 Å². The zero-order valence-corrected chi connectivity index (χ0v) is 20.6. The fourth-order valence-electron chi connectivity index (χ4n) is 4.06. The highest BCUT2D eigenvalue weighted by Crippen LogP contribution is 2.32. The molecule has 0 amide bonds. The molecule has 190 valence electrons. The van der Waals surface area contributed by atoms with Crippen molar-refractivity contribution in [1.82, 2.24) is 24.4 Å². The largest absolute Gasteiger partial charge is 0.483 e. The fraction of sp³-hybridized carbons (Fsp3) is 0.478. The number of hydrogen-bond donors (Lipinski definition) is 4. The number of fused-ring (bicyclic) bond motifs is 1. The highest BCUT2D eigenvalue weighted by atomic mass is 35.5. The standard InChI is InChI=1S/C22H28ClFN6O2.CH2O2/c1-22(2,3)30-12-26-20-15(24)8-13(9-17(20)30)19-14(23)10-25-21(28-19)27-16-4-5-29(6-7-31)11-18(16)32;2-1-3/h8-10,12,16,18,31-32H,4-7,11H2,1-3H3,(H,25,27,28);1H,(H,2,3)/t16-,18-;/m1./s1. The Morgan fingerprint density at radius 3 is 2.66 bits per heavy atom. The normalized spacial score (nSPS) is 18.7. The Kier molecular flexibility index (Phi) is 8.60. The average Bonchev–Trinajstić information content (AvgIpc) is 3.23. The number of hydrogen-bond acceptors (Lipinski definition) is 8. The summed E-state index contributed by atoms with van der Waals surface area (Å²) in [6.07, 6.45) is 3.15. The van der Waals surface area contributed by atoms with Crippen LogP contribution in [0.1, 0.15) is 27.2 Å². The second-order valence-electron chi connectivity index (χ2n) is 9.24. The van der Waals surface area contributed by atoms with Crippen molar-refractivity contribution < 1.29 is 24.5 Å². The first-order chi connectivity index (χ1) is 16.6. The molecule has 3 heterocycles. The van der Waals surface area contributed by atoms with E-state index in [1.165, 1.54) is 12.3 Å². The van der Waals surface area contributed by atoms with Crippen LogP contribution in [0.25, 0.3) is 22.3 Å². The number of aromatic nitrogens is 4. The van der Waals surface area contributed by atoms with E-state index in [0.29, 0.717) is 52.8 Å². The number of benzene rings is 1. The lowest BCUT2D eigenvalue weighted by atomic mass is 10.0. The molecular weight excluding hydrogens is 479 g/mol. The molecule has 1 aromatic carbocycles. The number of likely N-dealkylation sites (tertiary alicyclic amines) is 1. The topological polar surface area (TPSA) is 137 Å². The summed E-state index contributed by atoms with van der Waals surface area (Å²) in [5, 5.41) is 30.0. The molecule has 1 fully saturated rings. The van der Waals surface area contributed by atoms with Gasteiger partial charge in [0.1, 0.15) is 5.52 Å².